The highest BCUT2D eigenvalue weighted by molar-refractivity contribution is 7.85. The molecule has 3 N–H and O–H groups in total. The molecule has 0 bridgehead atoms. The Morgan fingerprint density at radius 2 is 2.02 bits per heavy atom. The monoisotopic (exact) mass is 592 g/mol. The lowest BCUT2D eigenvalue weighted by Gasteiger charge is -2.21. The van der Waals surface area contributed by atoms with Crippen LogP contribution in [0, 0.1) is 6.92 Å². The van der Waals surface area contributed by atoms with Gasteiger partial charge in [-0.25, -0.2) is 9.19 Å². The molecule has 1 amide bonds. The lowest BCUT2D eigenvalue weighted by atomic mass is 10.1. The highest BCUT2D eigenvalue weighted by Crippen LogP contribution is 2.35. The second-order valence-electron chi connectivity index (χ2n) is 9.43. The molecule has 220 valence electrons. The van der Waals surface area contributed by atoms with E-state index in [9.17, 15) is 22.2 Å². The molecule has 0 saturated carbocycles. The molecule has 1 aliphatic rings. The Labute approximate surface area is 238 Å². The molecule has 1 aromatic heterocycles. The second kappa shape index (κ2) is 12.7. The number of hydrogen-bond acceptors (Lipinski definition) is 8. The summed E-state index contributed by atoms with van der Waals surface area (Å²) in [5, 5.41) is 8.54. The van der Waals surface area contributed by atoms with Crippen LogP contribution in [0.2, 0.25) is 0 Å². The number of aromatic nitrogens is 2. The van der Waals surface area contributed by atoms with Crippen molar-refractivity contribution in [2.45, 2.75) is 32.1 Å². The number of methoxy groups -OCH3 is 1. The fourth-order valence-electron chi connectivity index (χ4n) is 4.19. The number of alkyl halides is 3. The van der Waals surface area contributed by atoms with Gasteiger partial charge in [0.25, 0.3) is 5.91 Å². The molecule has 2 atom stereocenters. The summed E-state index contributed by atoms with van der Waals surface area (Å²) in [6.07, 6.45) is -1.78. The van der Waals surface area contributed by atoms with Crippen LogP contribution in [0.1, 0.15) is 33.5 Å². The van der Waals surface area contributed by atoms with Crippen LogP contribution in [-0.4, -0.2) is 59.8 Å². The van der Waals surface area contributed by atoms with Crippen LogP contribution in [0.15, 0.2) is 42.6 Å². The van der Waals surface area contributed by atoms with E-state index in [2.05, 4.69) is 25.9 Å². The van der Waals surface area contributed by atoms with Gasteiger partial charge in [0.2, 0.25) is 5.95 Å². The molecule has 2 heterocycles. The van der Waals surface area contributed by atoms with E-state index in [1.807, 2.05) is 19.1 Å². The van der Waals surface area contributed by atoms with Crippen LogP contribution in [0.25, 0.3) is 0 Å². The Balaban J connectivity index is 1.58. The molecule has 3 aromatic rings. The van der Waals surface area contributed by atoms with Gasteiger partial charge in [-0.2, -0.15) is 18.2 Å². The molecule has 41 heavy (non-hydrogen) atoms. The average Bonchev–Trinajstić information content (AvgIpc) is 3.44. The summed E-state index contributed by atoms with van der Waals surface area (Å²) in [6.45, 7) is 2.89. The molecular formula is C27H31F3N6O4S. The number of rotatable bonds is 10. The van der Waals surface area contributed by atoms with Crippen LogP contribution in [0.3, 0.4) is 0 Å². The highest BCUT2D eigenvalue weighted by Gasteiger charge is 2.35. The van der Waals surface area contributed by atoms with Crippen LogP contribution < -0.4 is 25.0 Å². The van der Waals surface area contributed by atoms with Gasteiger partial charge in [0.05, 0.1) is 31.1 Å². The van der Waals surface area contributed by atoms with Gasteiger partial charge in [0, 0.05) is 38.2 Å². The maximum absolute atomic E-state index is 13.8. The third kappa shape index (κ3) is 7.44. The molecular weight excluding hydrogens is 561 g/mol. The normalized spacial score (nSPS) is 15.7. The SMILES string of the molecule is COc1cc(C(=O)NC2CCOC2)ccc1Nc1ncc(C(F)(F)F)c(NCc2ccc(C)cc2N(C)S(C)=O)n1. The minimum atomic E-state index is -4.71. The quantitative estimate of drug-likeness (QED) is 0.317. The molecule has 0 aliphatic carbocycles. The van der Waals surface area contributed by atoms with Gasteiger partial charge < -0.3 is 25.4 Å². The molecule has 2 unspecified atom stereocenters. The summed E-state index contributed by atoms with van der Waals surface area (Å²) < 4.78 is 65.8. The number of halogens is 3. The van der Waals surface area contributed by atoms with Crippen molar-refractivity contribution in [3.05, 3.63) is 64.8 Å². The number of nitrogens with zero attached hydrogens (tertiary/aromatic N) is 3. The van der Waals surface area contributed by atoms with Gasteiger partial charge in [-0.05, 0) is 48.7 Å². The zero-order chi connectivity index (χ0) is 29.7. The van der Waals surface area contributed by atoms with E-state index in [4.69, 9.17) is 9.47 Å². The molecule has 0 radical (unpaired) electrons. The topological polar surface area (TPSA) is 118 Å². The third-order valence-electron chi connectivity index (χ3n) is 6.48. The van der Waals surface area contributed by atoms with Crippen molar-refractivity contribution in [1.29, 1.82) is 0 Å². The summed E-state index contributed by atoms with van der Waals surface area (Å²) in [5.74, 6) is -0.570. The number of carbonyl (C=O) groups is 1. The molecule has 14 heteroatoms. The smallest absolute Gasteiger partial charge is 0.421 e. The number of amides is 1. The number of anilines is 4. The fourth-order valence-corrected chi connectivity index (χ4v) is 4.64. The van der Waals surface area contributed by atoms with E-state index >= 15 is 0 Å². The number of aryl methyl sites for hydroxylation is 1. The van der Waals surface area contributed by atoms with E-state index in [0.29, 0.717) is 41.9 Å². The van der Waals surface area contributed by atoms with Gasteiger partial charge in [-0.3, -0.25) is 9.10 Å². The van der Waals surface area contributed by atoms with Gasteiger partial charge >= 0.3 is 6.18 Å². The first kappa shape index (κ1) is 30.1. The molecule has 2 aromatic carbocycles. The van der Waals surface area contributed by atoms with E-state index in [0.717, 1.165) is 12.0 Å². The van der Waals surface area contributed by atoms with Crippen molar-refractivity contribution in [1.82, 2.24) is 15.3 Å². The van der Waals surface area contributed by atoms with Crippen molar-refractivity contribution >= 4 is 40.0 Å². The van der Waals surface area contributed by atoms with E-state index in [1.165, 1.54) is 19.4 Å². The predicted molar refractivity (Wildman–Crippen MR) is 151 cm³/mol. The molecule has 4 rings (SSSR count). The highest BCUT2D eigenvalue weighted by atomic mass is 32.2. The Kier molecular flexibility index (Phi) is 9.33. The lowest BCUT2D eigenvalue weighted by molar-refractivity contribution is -0.137. The molecule has 1 aliphatic heterocycles. The van der Waals surface area contributed by atoms with Crippen LogP contribution in [-0.2, 0) is 28.4 Å². The third-order valence-corrected chi connectivity index (χ3v) is 7.45. The number of benzene rings is 2. The Bertz CT molecular complexity index is 1430. The fraction of sp³-hybridized carbons (Fsp3) is 0.370. The largest absolute Gasteiger partial charge is 0.495 e. The Hall–Kier alpha value is -3.91. The summed E-state index contributed by atoms with van der Waals surface area (Å²) in [5.41, 5.74) is 1.83. The van der Waals surface area contributed by atoms with Crippen LogP contribution >= 0.6 is 0 Å². The van der Waals surface area contributed by atoms with Gasteiger partial charge in [-0.15, -0.1) is 0 Å². The van der Waals surface area contributed by atoms with E-state index in [1.54, 1.807) is 29.6 Å². The Morgan fingerprint density at radius 1 is 1.24 bits per heavy atom. The first-order valence-corrected chi connectivity index (χ1v) is 14.2. The van der Waals surface area contributed by atoms with Gasteiger partial charge in [0.1, 0.15) is 28.1 Å². The zero-order valence-corrected chi connectivity index (χ0v) is 23.8. The maximum atomic E-state index is 13.8. The summed E-state index contributed by atoms with van der Waals surface area (Å²) in [7, 11) is 1.72. The van der Waals surface area contributed by atoms with E-state index in [-0.39, 0.29) is 30.2 Å². The van der Waals surface area contributed by atoms with E-state index < -0.39 is 28.5 Å². The van der Waals surface area contributed by atoms with Crippen LogP contribution in [0.5, 0.6) is 5.75 Å². The van der Waals surface area contributed by atoms with Crippen molar-refractivity contribution in [3.63, 3.8) is 0 Å². The summed E-state index contributed by atoms with van der Waals surface area (Å²) in [4.78, 5) is 20.6. The van der Waals surface area contributed by atoms with Crippen molar-refractivity contribution in [3.8, 4) is 5.75 Å². The minimum absolute atomic E-state index is 0.0180. The number of hydrogen-bond donors (Lipinski definition) is 3. The van der Waals surface area contributed by atoms with Crippen LogP contribution in [0.4, 0.5) is 36.3 Å². The molecule has 0 spiro atoms. The lowest BCUT2D eigenvalue weighted by Crippen LogP contribution is -2.34. The molecule has 1 fully saturated rings. The van der Waals surface area contributed by atoms with Crippen molar-refractivity contribution in [2.75, 3.05) is 48.6 Å². The maximum Gasteiger partial charge on any atom is 0.421 e. The number of nitrogens with one attached hydrogen (secondary N) is 3. The summed E-state index contributed by atoms with van der Waals surface area (Å²) in [6, 6.07) is 9.97. The van der Waals surface area contributed by atoms with Gasteiger partial charge in [0.15, 0.2) is 0 Å². The molecule has 1 saturated heterocycles. The first-order valence-electron chi connectivity index (χ1n) is 12.6. The Morgan fingerprint density at radius 3 is 2.68 bits per heavy atom. The number of carbonyl (C=O) groups excluding carboxylic acids is 1. The predicted octanol–water partition coefficient (Wildman–Crippen LogP) is 4.42. The van der Waals surface area contributed by atoms with Crippen molar-refractivity contribution in [2.24, 2.45) is 0 Å². The molecule has 10 nitrogen and oxygen atoms in total. The minimum Gasteiger partial charge on any atom is -0.495 e. The van der Waals surface area contributed by atoms with Gasteiger partial charge in [-0.1, -0.05) is 12.1 Å². The summed E-state index contributed by atoms with van der Waals surface area (Å²) >= 11 is 0. The standard InChI is InChI=1S/C27H31F3N6O4S/c1-16-5-6-18(22(11-16)36(2)41(4)38)13-31-24-20(27(28,29)30)14-32-26(35-24)34-21-8-7-17(12-23(21)39-3)25(37)33-19-9-10-40-15-19/h5-8,11-12,14,19H,9-10,13,15H2,1-4H3,(H,33,37)(H2,31,32,34,35). The first-order chi connectivity index (χ1) is 19.5. The van der Waals surface area contributed by atoms with Crippen molar-refractivity contribution < 1.29 is 31.6 Å². The number of ether oxygens (including phenoxy) is 2. The average molecular weight is 593 g/mol. The second-order valence-corrected chi connectivity index (χ2v) is 10.8. The zero-order valence-electron chi connectivity index (χ0n) is 23.0.